The molecule has 4 rings (SSSR count). The summed E-state index contributed by atoms with van der Waals surface area (Å²) in [5, 5.41) is 3.06. The molecule has 4 nitrogen and oxygen atoms in total. The summed E-state index contributed by atoms with van der Waals surface area (Å²) in [6.45, 7) is 8.43. The first-order chi connectivity index (χ1) is 15.1. The highest BCUT2D eigenvalue weighted by Crippen LogP contribution is 2.56. The summed E-state index contributed by atoms with van der Waals surface area (Å²) < 4.78 is 5.97. The quantitative estimate of drug-likeness (QED) is 0.402. The van der Waals surface area contributed by atoms with Crippen molar-refractivity contribution in [2.24, 2.45) is 22.7 Å². The number of thiophene rings is 1. The van der Waals surface area contributed by atoms with E-state index >= 15 is 0 Å². The zero-order valence-corrected chi connectivity index (χ0v) is 20.8. The van der Waals surface area contributed by atoms with Crippen LogP contribution in [0.5, 0.6) is 0 Å². The topological polar surface area (TPSA) is 55.4 Å². The first kappa shape index (κ1) is 23.4. The molecule has 0 aliphatic heterocycles. The fourth-order valence-corrected chi connectivity index (χ4v) is 5.88. The van der Waals surface area contributed by atoms with Crippen LogP contribution >= 0.6 is 11.3 Å². The van der Waals surface area contributed by atoms with E-state index in [-0.39, 0.29) is 29.3 Å². The monoisotopic (exact) mass is 455 g/mol. The van der Waals surface area contributed by atoms with Crippen molar-refractivity contribution in [1.29, 1.82) is 0 Å². The Hall–Kier alpha value is -1.80. The number of carbonyl (C=O) groups excluding carboxylic acids is 2. The Morgan fingerprint density at radius 2 is 1.84 bits per heavy atom. The molecule has 174 valence electrons. The summed E-state index contributed by atoms with van der Waals surface area (Å²) in [6.07, 6.45) is 10.9. The van der Waals surface area contributed by atoms with Crippen LogP contribution in [0, 0.1) is 34.5 Å². The number of hydrogen-bond acceptors (Lipinski definition) is 4. The first-order valence-corrected chi connectivity index (χ1v) is 13.1. The van der Waals surface area contributed by atoms with E-state index in [1.54, 1.807) is 0 Å². The molecule has 0 bridgehead atoms. The van der Waals surface area contributed by atoms with Gasteiger partial charge in [0.1, 0.15) is 11.0 Å². The second kappa shape index (κ2) is 9.21. The highest BCUT2D eigenvalue weighted by atomic mass is 32.1. The Balaban J connectivity index is 1.50. The minimum atomic E-state index is -0.311. The summed E-state index contributed by atoms with van der Waals surface area (Å²) in [6, 6.07) is 1.85. The van der Waals surface area contributed by atoms with Gasteiger partial charge in [-0.05, 0) is 102 Å². The molecule has 1 aromatic rings. The maximum atomic E-state index is 13.2. The van der Waals surface area contributed by atoms with Crippen molar-refractivity contribution < 1.29 is 14.3 Å². The smallest absolute Gasteiger partial charge is 0.350 e. The molecule has 1 unspecified atom stereocenters. The number of anilines is 1. The molecule has 1 aromatic heterocycles. The van der Waals surface area contributed by atoms with Crippen LogP contribution < -0.4 is 5.32 Å². The van der Waals surface area contributed by atoms with Gasteiger partial charge in [0.15, 0.2) is 0 Å². The average molecular weight is 456 g/mol. The molecule has 3 saturated carbocycles. The molecule has 1 heterocycles. The predicted octanol–water partition coefficient (Wildman–Crippen LogP) is 6.79. The molecule has 0 saturated heterocycles. The number of ether oxygens (including phenoxy) is 1. The van der Waals surface area contributed by atoms with Crippen molar-refractivity contribution in [2.45, 2.75) is 98.0 Å². The minimum absolute atomic E-state index is 0.00616. The molecule has 3 fully saturated rings. The van der Waals surface area contributed by atoms with Gasteiger partial charge >= 0.3 is 5.97 Å². The van der Waals surface area contributed by atoms with E-state index in [1.165, 1.54) is 30.6 Å². The number of nitrogens with one attached hydrogen (secondary N) is 1. The van der Waals surface area contributed by atoms with Crippen molar-refractivity contribution in [1.82, 2.24) is 0 Å². The molecule has 0 aromatic carbocycles. The van der Waals surface area contributed by atoms with Crippen LogP contribution in [0.2, 0.25) is 0 Å². The third kappa shape index (κ3) is 5.95. The molecule has 0 radical (unpaired) electrons. The second-order valence-corrected chi connectivity index (χ2v) is 12.5. The van der Waals surface area contributed by atoms with Crippen LogP contribution in [-0.2, 0) is 9.53 Å². The third-order valence-corrected chi connectivity index (χ3v) is 8.28. The third-order valence-electron chi connectivity index (χ3n) is 7.25. The fourth-order valence-electron chi connectivity index (χ4n) is 5.03. The molecule has 3 aliphatic rings. The summed E-state index contributed by atoms with van der Waals surface area (Å²) in [4.78, 5) is 27.4. The largest absolute Gasteiger partial charge is 0.458 e. The van der Waals surface area contributed by atoms with Gasteiger partial charge in [0, 0.05) is 11.3 Å². The molecule has 1 amide bonds. The first-order valence-electron chi connectivity index (χ1n) is 12.3. The van der Waals surface area contributed by atoms with Gasteiger partial charge in [0.2, 0.25) is 5.91 Å². The molecule has 1 atom stereocenters. The van der Waals surface area contributed by atoms with Gasteiger partial charge in [-0.3, -0.25) is 4.79 Å². The lowest BCUT2D eigenvalue weighted by atomic mass is 9.82. The van der Waals surface area contributed by atoms with Crippen molar-refractivity contribution in [2.75, 3.05) is 5.32 Å². The van der Waals surface area contributed by atoms with Crippen LogP contribution in [0.25, 0.3) is 0 Å². The summed E-state index contributed by atoms with van der Waals surface area (Å²) in [7, 11) is 0. The molecule has 1 spiro atoms. The van der Waals surface area contributed by atoms with Crippen LogP contribution in [0.4, 0.5) is 5.69 Å². The van der Waals surface area contributed by atoms with E-state index < -0.39 is 0 Å². The van der Waals surface area contributed by atoms with Crippen LogP contribution in [0.3, 0.4) is 0 Å². The molecule has 32 heavy (non-hydrogen) atoms. The number of hydrogen-bond donors (Lipinski definition) is 1. The zero-order valence-electron chi connectivity index (χ0n) is 20.0. The Bertz CT molecular complexity index is 917. The van der Waals surface area contributed by atoms with Gasteiger partial charge in [-0.25, -0.2) is 4.79 Å². The minimum Gasteiger partial charge on any atom is -0.458 e. The Kier molecular flexibility index (Phi) is 6.73. The van der Waals surface area contributed by atoms with Crippen molar-refractivity contribution >= 4 is 28.9 Å². The van der Waals surface area contributed by atoms with E-state index in [9.17, 15) is 9.59 Å². The Labute approximate surface area is 196 Å². The summed E-state index contributed by atoms with van der Waals surface area (Å²) in [5.41, 5.74) is 0.879. The fraction of sp³-hybridized carbons (Fsp3) is 0.704. The number of amides is 1. The van der Waals surface area contributed by atoms with E-state index in [4.69, 9.17) is 4.74 Å². The van der Waals surface area contributed by atoms with E-state index in [0.717, 1.165) is 49.8 Å². The normalized spacial score (nSPS) is 26.7. The Morgan fingerprint density at radius 1 is 1.12 bits per heavy atom. The molecule has 1 N–H and O–H groups in total. The highest BCUT2D eigenvalue weighted by Gasteiger charge is 2.46. The molecular formula is C27H37NO3S. The van der Waals surface area contributed by atoms with Crippen molar-refractivity contribution in [3.05, 3.63) is 15.8 Å². The van der Waals surface area contributed by atoms with E-state index in [2.05, 4.69) is 44.9 Å². The maximum Gasteiger partial charge on any atom is 0.350 e. The van der Waals surface area contributed by atoms with Crippen LogP contribution in [0.1, 0.15) is 106 Å². The second-order valence-electron chi connectivity index (χ2n) is 11.4. The van der Waals surface area contributed by atoms with Crippen molar-refractivity contribution in [3.8, 4) is 11.8 Å². The lowest BCUT2D eigenvalue weighted by molar-refractivity contribution is -0.121. The highest BCUT2D eigenvalue weighted by molar-refractivity contribution is 7.15. The van der Waals surface area contributed by atoms with Gasteiger partial charge < -0.3 is 10.1 Å². The zero-order chi connectivity index (χ0) is 22.9. The van der Waals surface area contributed by atoms with E-state index in [0.29, 0.717) is 21.9 Å². The maximum absolute atomic E-state index is 13.2. The van der Waals surface area contributed by atoms with Crippen LogP contribution in [-0.4, -0.2) is 18.0 Å². The number of rotatable bonds is 4. The van der Waals surface area contributed by atoms with Gasteiger partial charge in [-0.2, -0.15) is 0 Å². The summed E-state index contributed by atoms with van der Waals surface area (Å²) in [5.74, 6) is 6.85. The number of esters is 1. The Morgan fingerprint density at radius 3 is 2.50 bits per heavy atom. The molecule has 5 heteroatoms. The van der Waals surface area contributed by atoms with Crippen LogP contribution in [0.15, 0.2) is 6.07 Å². The lowest BCUT2D eigenvalue weighted by Gasteiger charge is -2.28. The lowest BCUT2D eigenvalue weighted by Crippen LogP contribution is -2.28. The SMILES string of the molecule is CC1CCC(C(=O)Nc2cc(C#CC(C)(C)C)sc2C(=O)OC2CCCC3(CC3)C2)CC1. The van der Waals surface area contributed by atoms with Gasteiger partial charge in [0.25, 0.3) is 0 Å². The molecule has 3 aliphatic carbocycles. The van der Waals surface area contributed by atoms with Gasteiger partial charge in [-0.15, -0.1) is 11.3 Å². The van der Waals surface area contributed by atoms with Crippen molar-refractivity contribution in [3.63, 3.8) is 0 Å². The number of carbonyl (C=O) groups is 2. The predicted molar refractivity (Wildman–Crippen MR) is 130 cm³/mol. The standard InChI is InChI=1S/C27H37NO3S/c1-18-7-9-19(10-8-18)24(29)28-22-16-21(11-13-26(2,3)4)32-23(22)25(30)31-20-6-5-12-27(17-20)14-15-27/h16,18-20H,5-10,12,14-15,17H2,1-4H3,(H,28,29). The average Bonchev–Trinajstić information content (AvgIpc) is 3.33. The molecular weight excluding hydrogens is 418 g/mol. The van der Waals surface area contributed by atoms with E-state index in [1.807, 2.05) is 6.07 Å². The van der Waals surface area contributed by atoms with Gasteiger partial charge in [0.05, 0.1) is 10.6 Å². The summed E-state index contributed by atoms with van der Waals surface area (Å²) >= 11 is 1.34. The van der Waals surface area contributed by atoms with Gasteiger partial charge in [-0.1, -0.05) is 18.8 Å².